The Morgan fingerprint density at radius 3 is 2.72 bits per heavy atom. The minimum atomic E-state index is 0.0983. The summed E-state index contributed by atoms with van der Waals surface area (Å²) in [5.74, 6) is 0.796. The van der Waals surface area contributed by atoms with Crippen molar-refractivity contribution in [1.82, 2.24) is 15.5 Å². The lowest BCUT2D eigenvalue weighted by Gasteiger charge is -2.22. The monoisotopic (exact) mass is 250 g/mol. The van der Waals surface area contributed by atoms with Gasteiger partial charge < -0.3 is 10.6 Å². The molecule has 5 heteroatoms. The highest BCUT2D eigenvalue weighted by Gasteiger charge is 2.15. The number of carbonyl (C=O) groups excluding carboxylic acids is 1. The second kappa shape index (κ2) is 6.00. The van der Waals surface area contributed by atoms with Crippen LogP contribution in [0.4, 0.5) is 5.69 Å². The van der Waals surface area contributed by atoms with Crippen LogP contribution >= 0.6 is 0 Å². The van der Waals surface area contributed by atoms with Gasteiger partial charge in [0.1, 0.15) is 0 Å². The third kappa shape index (κ3) is 3.32. The van der Waals surface area contributed by atoms with E-state index < -0.39 is 0 Å². The van der Waals surface area contributed by atoms with Crippen LogP contribution in [-0.4, -0.2) is 29.2 Å². The first-order valence-electron chi connectivity index (χ1n) is 6.69. The van der Waals surface area contributed by atoms with Crippen LogP contribution < -0.4 is 10.6 Å². The number of aromatic amines is 1. The van der Waals surface area contributed by atoms with E-state index in [1.54, 1.807) is 0 Å². The van der Waals surface area contributed by atoms with Gasteiger partial charge in [-0.25, -0.2) is 0 Å². The van der Waals surface area contributed by atoms with Crippen molar-refractivity contribution >= 4 is 11.6 Å². The smallest absolute Gasteiger partial charge is 0.224 e. The largest absolute Gasteiger partial charge is 0.323 e. The number of aromatic nitrogens is 2. The van der Waals surface area contributed by atoms with Crippen LogP contribution in [0.2, 0.25) is 0 Å². The second-order valence-electron chi connectivity index (χ2n) is 5.09. The van der Waals surface area contributed by atoms with Crippen LogP contribution in [0.3, 0.4) is 0 Å². The average Bonchev–Trinajstić information content (AvgIpc) is 2.69. The van der Waals surface area contributed by atoms with Crippen molar-refractivity contribution < 1.29 is 4.79 Å². The fourth-order valence-electron chi connectivity index (χ4n) is 2.44. The average molecular weight is 250 g/mol. The minimum absolute atomic E-state index is 0.0983. The SMILES string of the molecule is Cc1n[nH]c(C)c1NC(=O)CCC1CCNCC1. The predicted molar refractivity (Wildman–Crippen MR) is 71.5 cm³/mol. The van der Waals surface area contributed by atoms with E-state index in [1.807, 2.05) is 13.8 Å². The molecule has 0 atom stereocenters. The molecule has 0 saturated carbocycles. The number of piperidine rings is 1. The zero-order valence-electron chi connectivity index (χ0n) is 11.2. The molecular formula is C13H22N4O. The Bertz CT molecular complexity index is 388. The number of nitrogens with one attached hydrogen (secondary N) is 3. The van der Waals surface area contributed by atoms with Crippen LogP contribution in [0.25, 0.3) is 0 Å². The Hall–Kier alpha value is -1.36. The van der Waals surface area contributed by atoms with E-state index >= 15 is 0 Å². The maximum Gasteiger partial charge on any atom is 0.224 e. The van der Waals surface area contributed by atoms with Gasteiger partial charge in [-0.2, -0.15) is 5.10 Å². The Kier molecular flexibility index (Phi) is 4.36. The molecule has 18 heavy (non-hydrogen) atoms. The first-order chi connectivity index (χ1) is 8.66. The molecule has 1 fully saturated rings. The van der Waals surface area contributed by atoms with E-state index in [4.69, 9.17) is 0 Å². The Morgan fingerprint density at radius 2 is 2.11 bits per heavy atom. The highest BCUT2D eigenvalue weighted by molar-refractivity contribution is 5.91. The van der Waals surface area contributed by atoms with Crippen molar-refractivity contribution in [3.63, 3.8) is 0 Å². The minimum Gasteiger partial charge on any atom is -0.323 e. The number of rotatable bonds is 4. The molecule has 0 aliphatic carbocycles. The Morgan fingerprint density at radius 1 is 1.39 bits per heavy atom. The van der Waals surface area contributed by atoms with E-state index in [0.717, 1.165) is 36.6 Å². The van der Waals surface area contributed by atoms with E-state index in [2.05, 4.69) is 20.8 Å². The van der Waals surface area contributed by atoms with Crippen molar-refractivity contribution in [2.45, 2.75) is 39.5 Å². The summed E-state index contributed by atoms with van der Waals surface area (Å²) in [6, 6.07) is 0. The van der Waals surface area contributed by atoms with E-state index in [-0.39, 0.29) is 5.91 Å². The molecule has 0 radical (unpaired) electrons. The van der Waals surface area contributed by atoms with Crippen molar-refractivity contribution in [3.8, 4) is 0 Å². The molecule has 1 amide bonds. The standard InChI is InChI=1S/C13H22N4O/c1-9-13(10(2)17-16-9)15-12(18)4-3-11-5-7-14-8-6-11/h11,14H,3-8H2,1-2H3,(H,15,18)(H,16,17). The molecule has 0 aromatic carbocycles. The van der Waals surface area contributed by atoms with E-state index in [1.165, 1.54) is 12.8 Å². The van der Waals surface area contributed by atoms with Crippen LogP contribution in [0, 0.1) is 19.8 Å². The molecule has 100 valence electrons. The number of amides is 1. The van der Waals surface area contributed by atoms with Crippen LogP contribution in [0.15, 0.2) is 0 Å². The number of nitrogens with zero attached hydrogens (tertiary/aromatic N) is 1. The molecule has 1 aromatic rings. The quantitative estimate of drug-likeness (QED) is 0.762. The number of aryl methyl sites for hydroxylation is 2. The first-order valence-corrected chi connectivity index (χ1v) is 6.69. The third-order valence-electron chi connectivity index (χ3n) is 3.63. The Labute approximate surface area is 108 Å². The predicted octanol–water partition coefficient (Wildman–Crippen LogP) is 1.74. The van der Waals surface area contributed by atoms with Gasteiger partial charge in [0.25, 0.3) is 0 Å². The highest BCUT2D eigenvalue weighted by atomic mass is 16.1. The summed E-state index contributed by atoms with van der Waals surface area (Å²) in [5, 5.41) is 13.2. The molecule has 0 bridgehead atoms. The summed E-state index contributed by atoms with van der Waals surface area (Å²) in [4.78, 5) is 11.9. The molecule has 1 aliphatic heterocycles. The fourth-order valence-corrected chi connectivity index (χ4v) is 2.44. The van der Waals surface area contributed by atoms with E-state index in [9.17, 15) is 4.79 Å². The molecular weight excluding hydrogens is 228 g/mol. The zero-order valence-corrected chi connectivity index (χ0v) is 11.2. The molecule has 1 saturated heterocycles. The van der Waals surface area contributed by atoms with Gasteiger partial charge in [0.15, 0.2) is 0 Å². The number of H-pyrrole nitrogens is 1. The molecule has 1 aliphatic rings. The first kappa shape index (κ1) is 13.1. The second-order valence-corrected chi connectivity index (χ2v) is 5.09. The molecule has 0 unspecified atom stereocenters. The summed E-state index contributed by atoms with van der Waals surface area (Å²) >= 11 is 0. The number of anilines is 1. The third-order valence-corrected chi connectivity index (χ3v) is 3.63. The van der Waals surface area contributed by atoms with E-state index in [0.29, 0.717) is 12.3 Å². The van der Waals surface area contributed by atoms with Gasteiger partial charge in [0.2, 0.25) is 5.91 Å². The summed E-state index contributed by atoms with van der Waals surface area (Å²) in [7, 11) is 0. The van der Waals surface area contributed by atoms with Crippen LogP contribution in [0.1, 0.15) is 37.1 Å². The van der Waals surface area contributed by atoms with Crippen molar-refractivity contribution in [2.75, 3.05) is 18.4 Å². The molecule has 1 aromatic heterocycles. The van der Waals surface area contributed by atoms with Gasteiger partial charge >= 0.3 is 0 Å². The molecule has 2 heterocycles. The van der Waals surface area contributed by atoms with Gasteiger partial charge in [0, 0.05) is 6.42 Å². The lowest BCUT2D eigenvalue weighted by molar-refractivity contribution is -0.116. The molecule has 3 N–H and O–H groups in total. The normalized spacial score (nSPS) is 16.8. The summed E-state index contributed by atoms with van der Waals surface area (Å²) in [5.41, 5.74) is 2.61. The highest BCUT2D eigenvalue weighted by Crippen LogP contribution is 2.20. The van der Waals surface area contributed by atoms with Gasteiger partial charge in [-0.15, -0.1) is 0 Å². The lowest BCUT2D eigenvalue weighted by Crippen LogP contribution is -2.28. The number of hydrogen-bond donors (Lipinski definition) is 3. The maximum absolute atomic E-state index is 11.9. The summed E-state index contributed by atoms with van der Waals surface area (Å²) < 4.78 is 0. The zero-order chi connectivity index (χ0) is 13.0. The van der Waals surface area contributed by atoms with Crippen LogP contribution in [-0.2, 0) is 4.79 Å². The van der Waals surface area contributed by atoms with Crippen LogP contribution in [0.5, 0.6) is 0 Å². The summed E-state index contributed by atoms with van der Waals surface area (Å²) in [6.07, 6.45) is 3.98. The number of carbonyl (C=O) groups is 1. The topological polar surface area (TPSA) is 69.8 Å². The molecule has 2 rings (SSSR count). The molecule has 0 spiro atoms. The fraction of sp³-hybridized carbons (Fsp3) is 0.692. The maximum atomic E-state index is 11.9. The van der Waals surface area contributed by atoms with Gasteiger partial charge in [-0.05, 0) is 52.1 Å². The number of hydrogen-bond acceptors (Lipinski definition) is 3. The van der Waals surface area contributed by atoms with Crippen molar-refractivity contribution in [2.24, 2.45) is 5.92 Å². The summed E-state index contributed by atoms with van der Waals surface area (Å²) in [6.45, 7) is 5.99. The van der Waals surface area contributed by atoms with Gasteiger partial charge in [-0.3, -0.25) is 9.89 Å². The molecule has 5 nitrogen and oxygen atoms in total. The van der Waals surface area contributed by atoms with Gasteiger partial charge in [0.05, 0.1) is 17.1 Å². The van der Waals surface area contributed by atoms with Crippen molar-refractivity contribution in [3.05, 3.63) is 11.4 Å². The Balaban J connectivity index is 1.78. The lowest BCUT2D eigenvalue weighted by atomic mass is 9.93. The van der Waals surface area contributed by atoms with Gasteiger partial charge in [-0.1, -0.05) is 0 Å². The van der Waals surface area contributed by atoms with Crippen molar-refractivity contribution in [1.29, 1.82) is 0 Å².